The summed E-state index contributed by atoms with van der Waals surface area (Å²) in [5.74, 6) is 0. The van der Waals surface area contributed by atoms with Gasteiger partial charge in [0.25, 0.3) is 0 Å². The van der Waals surface area contributed by atoms with E-state index in [1.54, 1.807) is 31.2 Å². The van der Waals surface area contributed by atoms with Gasteiger partial charge in [0.1, 0.15) is 0 Å². The molecular formula is C10H13N3O2. The number of amides is 4. The molecule has 1 aromatic rings. The number of rotatable bonds is 2. The second-order valence-corrected chi connectivity index (χ2v) is 2.88. The number of imide groups is 1. The first-order chi connectivity index (χ1) is 7.15. The Balaban J connectivity index is 2.66. The number of urea groups is 2. The molecule has 3 N–H and O–H groups in total. The van der Waals surface area contributed by atoms with E-state index in [9.17, 15) is 9.59 Å². The highest BCUT2D eigenvalue weighted by Crippen LogP contribution is 2.06. The number of anilines is 1. The first kappa shape index (κ1) is 11.0. The van der Waals surface area contributed by atoms with Crippen molar-refractivity contribution in [1.82, 2.24) is 4.90 Å². The van der Waals surface area contributed by atoms with E-state index in [2.05, 4.69) is 5.32 Å². The van der Waals surface area contributed by atoms with Crippen LogP contribution in [0.4, 0.5) is 15.3 Å². The number of primary amides is 1. The van der Waals surface area contributed by atoms with E-state index < -0.39 is 12.1 Å². The van der Waals surface area contributed by atoms with Gasteiger partial charge in [-0.05, 0) is 19.1 Å². The van der Waals surface area contributed by atoms with Crippen LogP contribution in [0.2, 0.25) is 0 Å². The molecule has 4 amide bonds. The Morgan fingerprint density at radius 1 is 1.33 bits per heavy atom. The number of nitrogens with zero attached hydrogens (tertiary/aromatic N) is 1. The Morgan fingerprint density at radius 3 is 2.40 bits per heavy atom. The average Bonchev–Trinajstić information content (AvgIpc) is 2.19. The first-order valence-electron chi connectivity index (χ1n) is 4.58. The molecule has 0 aliphatic carbocycles. The summed E-state index contributed by atoms with van der Waals surface area (Å²) in [6, 6.07) is 7.59. The Morgan fingerprint density at radius 2 is 1.93 bits per heavy atom. The molecule has 0 aliphatic heterocycles. The van der Waals surface area contributed by atoms with E-state index >= 15 is 0 Å². The van der Waals surface area contributed by atoms with E-state index in [-0.39, 0.29) is 6.54 Å². The van der Waals surface area contributed by atoms with Gasteiger partial charge in [-0.15, -0.1) is 0 Å². The second-order valence-electron chi connectivity index (χ2n) is 2.88. The lowest BCUT2D eigenvalue weighted by Gasteiger charge is -2.16. The van der Waals surface area contributed by atoms with Gasteiger partial charge >= 0.3 is 12.1 Å². The van der Waals surface area contributed by atoms with E-state index in [0.29, 0.717) is 5.69 Å². The highest BCUT2D eigenvalue weighted by Gasteiger charge is 2.16. The van der Waals surface area contributed by atoms with Gasteiger partial charge in [-0.3, -0.25) is 0 Å². The van der Waals surface area contributed by atoms with Gasteiger partial charge in [-0.2, -0.15) is 0 Å². The SMILES string of the molecule is CCN(C(N)=O)C(=O)Nc1ccccc1. The molecule has 0 aliphatic rings. The molecule has 0 unspecified atom stereocenters. The summed E-state index contributed by atoms with van der Waals surface area (Å²) in [4.78, 5) is 23.3. The third-order valence-electron chi connectivity index (χ3n) is 1.85. The van der Waals surface area contributed by atoms with Gasteiger partial charge < -0.3 is 11.1 Å². The van der Waals surface area contributed by atoms with E-state index in [1.807, 2.05) is 6.07 Å². The highest BCUT2D eigenvalue weighted by molar-refractivity contribution is 6.00. The van der Waals surface area contributed by atoms with Crippen LogP contribution in [-0.2, 0) is 0 Å². The lowest BCUT2D eigenvalue weighted by Crippen LogP contribution is -2.42. The third-order valence-corrected chi connectivity index (χ3v) is 1.85. The van der Waals surface area contributed by atoms with Crippen molar-refractivity contribution in [3.05, 3.63) is 30.3 Å². The lowest BCUT2D eigenvalue weighted by molar-refractivity contribution is 0.202. The number of nitrogens with two attached hydrogens (primary N) is 1. The van der Waals surface area contributed by atoms with E-state index in [0.717, 1.165) is 4.90 Å². The molecule has 0 bridgehead atoms. The third kappa shape index (κ3) is 2.98. The predicted molar refractivity (Wildman–Crippen MR) is 57.4 cm³/mol. The molecule has 0 spiro atoms. The quantitative estimate of drug-likeness (QED) is 0.773. The molecule has 5 heteroatoms. The fourth-order valence-electron chi connectivity index (χ4n) is 1.11. The van der Waals surface area contributed by atoms with Gasteiger partial charge in [-0.1, -0.05) is 18.2 Å². The number of hydrogen-bond acceptors (Lipinski definition) is 2. The molecule has 80 valence electrons. The smallest absolute Gasteiger partial charge is 0.329 e. The first-order valence-corrected chi connectivity index (χ1v) is 4.58. The molecule has 0 saturated carbocycles. The number of nitrogens with one attached hydrogen (secondary N) is 1. The number of benzene rings is 1. The summed E-state index contributed by atoms with van der Waals surface area (Å²) >= 11 is 0. The van der Waals surface area contributed by atoms with Crippen molar-refractivity contribution in [2.45, 2.75) is 6.92 Å². The van der Waals surface area contributed by atoms with Crippen LogP contribution < -0.4 is 11.1 Å². The van der Waals surface area contributed by atoms with Gasteiger partial charge in [-0.25, -0.2) is 14.5 Å². The van der Waals surface area contributed by atoms with Crippen LogP contribution in [0.15, 0.2) is 30.3 Å². The van der Waals surface area contributed by atoms with Gasteiger partial charge in [0.2, 0.25) is 0 Å². The molecule has 1 rings (SSSR count). The fourth-order valence-corrected chi connectivity index (χ4v) is 1.11. The van der Waals surface area contributed by atoms with E-state index in [1.165, 1.54) is 0 Å². The number of hydrogen-bond donors (Lipinski definition) is 2. The van der Waals surface area contributed by atoms with Crippen molar-refractivity contribution >= 4 is 17.7 Å². The second kappa shape index (κ2) is 4.99. The summed E-state index contributed by atoms with van der Waals surface area (Å²) in [5.41, 5.74) is 5.65. The zero-order valence-corrected chi connectivity index (χ0v) is 8.43. The maximum atomic E-state index is 11.5. The van der Waals surface area contributed by atoms with Crippen molar-refractivity contribution < 1.29 is 9.59 Å². The lowest BCUT2D eigenvalue weighted by atomic mass is 10.3. The normalized spacial score (nSPS) is 9.40. The van der Waals surface area contributed by atoms with Crippen LogP contribution >= 0.6 is 0 Å². The van der Waals surface area contributed by atoms with Crippen LogP contribution in [0, 0.1) is 0 Å². The molecule has 0 saturated heterocycles. The Labute approximate surface area is 87.9 Å². The Kier molecular flexibility index (Phi) is 3.68. The summed E-state index contributed by atoms with van der Waals surface area (Å²) in [7, 11) is 0. The van der Waals surface area contributed by atoms with Gasteiger partial charge in [0.15, 0.2) is 0 Å². The molecule has 0 heterocycles. The van der Waals surface area contributed by atoms with Crippen molar-refractivity contribution in [2.24, 2.45) is 5.73 Å². The van der Waals surface area contributed by atoms with Crippen LogP contribution in [-0.4, -0.2) is 23.5 Å². The molecule has 0 atom stereocenters. The topological polar surface area (TPSA) is 75.4 Å². The average molecular weight is 207 g/mol. The maximum absolute atomic E-state index is 11.5. The van der Waals surface area contributed by atoms with Crippen LogP contribution in [0.5, 0.6) is 0 Å². The van der Waals surface area contributed by atoms with Gasteiger partial charge in [0, 0.05) is 12.2 Å². The number of carbonyl (C=O) groups excluding carboxylic acids is 2. The summed E-state index contributed by atoms with van der Waals surface area (Å²) < 4.78 is 0. The van der Waals surface area contributed by atoms with E-state index in [4.69, 9.17) is 5.73 Å². The highest BCUT2D eigenvalue weighted by atomic mass is 16.2. The van der Waals surface area contributed by atoms with Crippen molar-refractivity contribution in [2.75, 3.05) is 11.9 Å². The monoisotopic (exact) mass is 207 g/mol. The van der Waals surface area contributed by atoms with Crippen LogP contribution in [0.3, 0.4) is 0 Å². The predicted octanol–water partition coefficient (Wildman–Crippen LogP) is 1.62. The fraction of sp³-hybridized carbons (Fsp3) is 0.200. The molecule has 0 radical (unpaired) electrons. The van der Waals surface area contributed by atoms with Crippen LogP contribution in [0.25, 0.3) is 0 Å². The minimum absolute atomic E-state index is 0.244. The molecule has 15 heavy (non-hydrogen) atoms. The summed E-state index contributed by atoms with van der Waals surface area (Å²) in [5, 5.41) is 2.56. The molecular weight excluding hydrogens is 194 g/mol. The molecule has 0 fully saturated rings. The summed E-state index contributed by atoms with van der Waals surface area (Å²) in [6.45, 7) is 1.92. The number of carbonyl (C=O) groups is 2. The maximum Gasteiger partial charge on any atom is 0.329 e. The summed E-state index contributed by atoms with van der Waals surface area (Å²) in [6.07, 6.45) is 0. The molecule has 1 aromatic carbocycles. The zero-order chi connectivity index (χ0) is 11.3. The van der Waals surface area contributed by atoms with Crippen molar-refractivity contribution in [3.8, 4) is 0 Å². The number of para-hydroxylation sites is 1. The largest absolute Gasteiger partial charge is 0.351 e. The van der Waals surface area contributed by atoms with Crippen molar-refractivity contribution in [3.63, 3.8) is 0 Å². The zero-order valence-electron chi connectivity index (χ0n) is 8.43. The van der Waals surface area contributed by atoms with Crippen molar-refractivity contribution in [1.29, 1.82) is 0 Å². The molecule has 0 aromatic heterocycles. The Bertz CT molecular complexity index is 351. The minimum atomic E-state index is -0.758. The standard InChI is InChI=1S/C10H13N3O2/c1-2-13(9(11)14)10(15)12-8-6-4-3-5-7-8/h3-7H,2H2,1H3,(H2,11,14)(H,12,15). The Hall–Kier alpha value is -2.04. The van der Waals surface area contributed by atoms with Gasteiger partial charge in [0.05, 0.1) is 0 Å². The van der Waals surface area contributed by atoms with Crippen LogP contribution in [0.1, 0.15) is 6.92 Å². The molecule has 5 nitrogen and oxygen atoms in total. The minimum Gasteiger partial charge on any atom is -0.351 e.